The van der Waals surface area contributed by atoms with Gasteiger partial charge in [-0.05, 0) is 18.2 Å². The van der Waals surface area contributed by atoms with E-state index in [0.717, 1.165) is 10.9 Å². The van der Waals surface area contributed by atoms with Crippen LogP contribution < -0.4 is 5.73 Å². The lowest BCUT2D eigenvalue weighted by molar-refractivity contribution is 0.0800. The van der Waals surface area contributed by atoms with Crippen LogP contribution in [0.25, 0.3) is 10.9 Å². The molecule has 0 spiro atoms. The van der Waals surface area contributed by atoms with Gasteiger partial charge >= 0.3 is 0 Å². The molecule has 0 saturated heterocycles. The van der Waals surface area contributed by atoms with Crippen LogP contribution in [-0.2, 0) is 0 Å². The minimum absolute atomic E-state index is 0.101. The molecule has 1 amide bonds. The Balaban J connectivity index is 2.23. The molecule has 2 aromatic rings. The normalized spacial score (nSPS) is 11.6. The molecular formula is C14H16N4O2. The van der Waals surface area contributed by atoms with Crippen molar-refractivity contribution in [3.05, 3.63) is 42.1 Å². The van der Waals surface area contributed by atoms with Crippen LogP contribution in [0.2, 0.25) is 0 Å². The van der Waals surface area contributed by atoms with Crippen LogP contribution >= 0.6 is 0 Å². The molecule has 0 aliphatic carbocycles. The molecule has 0 fully saturated rings. The number of pyridine rings is 1. The standard InChI is InChI=1S/C14H16N4O2/c1-18(9-7-13(15)17-20)14(19)11-4-2-6-12-10(11)5-3-8-16-12/h2-6,8,20H,7,9H2,1H3,(H2,15,17). The molecule has 1 heterocycles. The Morgan fingerprint density at radius 1 is 1.40 bits per heavy atom. The van der Waals surface area contributed by atoms with Crippen molar-refractivity contribution in [2.24, 2.45) is 10.9 Å². The molecule has 1 aromatic heterocycles. The van der Waals surface area contributed by atoms with Crippen molar-refractivity contribution in [1.29, 1.82) is 0 Å². The van der Waals surface area contributed by atoms with Gasteiger partial charge in [0.05, 0.1) is 5.52 Å². The molecule has 0 bridgehead atoms. The molecule has 0 unspecified atom stereocenters. The number of nitrogens with two attached hydrogens (primary N) is 1. The topological polar surface area (TPSA) is 91.8 Å². The maximum Gasteiger partial charge on any atom is 0.254 e. The molecule has 2 rings (SSSR count). The van der Waals surface area contributed by atoms with Crippen LogP contribution in [-0.4, -0.2) is 40.4 Å². The second-order valence-corrected chi connectivity index (χ2v) is 4.44. The fourth-order valence-corrected chi connectivity index (χ4v) is 1.93. The molecule has 6 heteroatoms. The Labute approximate surface area is 116 Å². The minimum Gasteiger partial charge on any atom is -0.409 e. The average Bonchev–Trinajstić information content (AvgIpc) is 2.50. The lowest BCUT2D eigenvalue weighted by Gasteiger charge is -2.17. The van der Waals surface area contributed by atoms with Crippen LogP contribution in [0.3, 0.4) is 0 Å². The highest BCUT2D eigenvalue weighted by Crippen LogP contribution is 2.17. The zero-order valence-corrected chi connectivity index (χ0v) is 11.2. The summed E-state index contributed by atoms with van der Waals surface area (Å²) in [6.45, 7) is 0.380. The molecule has 6 nitrogen and oxygen atoms in total. The summed E-state index contributed by atoms with van der Waals surface area (Å²) in [4.78, 5) is 18.2. The fourth-order valence-electron chi connectivity index (χ4n) is 1.93. The summed E-state index contributed by atoms with van der Waals surface area (Å²) in [6.07, 6.45) is 2.01. The smallest absolute Gasteiger partial charge is 0.254 e. The summed E-state index contributed by atoms with van der Waals surface area (Å²) in [6, 6.07) is 9.11. The van der Waals surface area contributed by atoms with Crippen molar-refractivity contribution in [2.75, 3.05) is 13.6 Å². The number of carbonyl (C=O) groups is 1. The van der Waals surface area contributed by atoms with Crippen LogP contribution in [0, 0.1) is 0 Å². The summed E-state index contributed by atoms with van der Waals surface area (Å²) in [5.74, 6) is -0.0152. The lowest BCUT2D eigenvalue weighted by atomic mass is 10.1. The molecule has 1 aromatic carbocycles. The number of nitrogens with zero attached hydrogens (tertiary/aromatic N) is 3. The Morgan fingerprint density at radius 2 is 2.20 bits per heavy atom. The molecule has 0 saturated carbocycles. The van der Waals surface area contributed by atoms with E-state index < -0.39 is 0 Å². The van der Waals surface area contributed by atoms with Crippen LogP contribution in [0.15, 0.2) is 41.7 Å². The number of hydrogen-bond donors (Lipinski definition) is 2. The van der Waals surface area contributed by atoms with Gasteiger partial charge in [0.2, 0.25) is 0 Å². The maximum atomic E-state index is 12.4. The molecule has 3 N–H and O–H groups in total. The molecular weight excluding hydrogens is 256 g/mol. The monoisotopic (exact) mass is 272 g/mol. The Morgan fingerprint density at radius 3 is 2.95 bits per heavy atom. The summed E-state index contributed by atoms with van der Waals surface area (Å²) in [7, 11) is 1.68. The summed E-state index contributed by atoms with van der Waals surface area (Å²) >= 11 is 0. The third kappa shape index (κ3) is 2.85. The van der Waals surface area contributed by atoms with E-state index in [1.54, 1.807) is 36.3 Å². The first-order chi connectivity index (χ1) is 9.63. The highest BCUT2D eigenvalue weighted by Gasteiger charge is 2.14. The van der Waals surface area contributed by atoms with Gasteiger partial charge < -0.3 is 15.8 Å². The zero-order chi connectivity index (χ0) is 14.5. The number of amides is 1. The van der Waals surface area contributed by atoms with E-state index >= 15 is 0 Å². The Bertz CT molecular complexity index is 649. The van der Waals surface area contributed by atoms with Gasteiger partial charge in [0, 0.05) is 37.2 Å². The van der Waals surface area contributed by atoms with Gasteiger partial charge in [0.1, 0.15) is 5.84 Å². The van der Waals surface area contributed by atoms with Crippen LogP contribution in [0.1, 0.15) is 16.8 Å². The highest BCUT2D eigenvalue weighted by atomic mass is 16.4. The number of carbonyl (C=O) groups excluding carboxylic acids is 1. The van der Waals surface area contributed by atoms with Gasteiger partial charge in [-0.2, -0.15) is 0 Å². The Kier molecular flexibility index (Phi) is 4.14. The van der Waals surface area contributed by atoms with Crippen molar-refractivity contribution in [3.8, 4) is 0 Å². The molecule has 0 aliphatic heterocycles. The first-order valence-electron chi connectivity index (χ1n) is 6.19. The molecule has 0 radical (unpaired) electrons. The number of fused-ring (bicyclic) bond motifs is 1. The van der Waals surface area contributed by atoms with Crippen molar-refractivity contribution in [1.82, 2.24) is 9.88 Å². The number of hydrogen-bond acceptors (Lipinski definition) is 4. The number of oxime groups is 1. The zero-order valence-electron chi connectivity index (χ0n) is 11.2. The van der Waals surface area contributed by atoms with Gasteiger partial charge in [-0.1, -0.05) is 17.3 Å². The van der Waals surface area contributed by atoms with E-state index in [0.29, 0.717) is 18.5 Å². The van der Waals surface area contributed by atoms with Gasteiger partial charge in [-0.3, -0.25) is 9.78 Å². The predicted molar refractivity (Wildman–Crippen MR) is 76.7 cm³/mol. The lowest BCUT2D eigenvalue weighted by Crippen LogP contribution is -2.30. The first-order valence-corrected chi connectivity index (χ1v) is 6.19. The SMILES string of the molecule is CN(CCC(N)=NO)C(=O)c1cccc2ncccc12. The molecule has 20 heavy (non-hydrogen) atoms. The summed E-state index contributed by atoms with van der Waals surface area (Å²) in [5, 5.41) is 12.2. The van der Waals surface area contributed by atoms with Crippen molar-refractivity contribution in [3.63, 3.8) is 0 Å². The fraction of sp³-hybridized carbons (Fsp3) is 0.214. The third-order valence-electron chi connectivity index (χ3n) is 3.05. The van der Waals surface area contributed by atoms with E-state index in [9.17, 15) is 4.79 Å². The van der Waals surface area contributed by atoms with Gasteiger partial charge in [-0.15, -0.1) is 0 Å². The van der Waals surface area contributed by atoms with Gasteiger partial charge in [0.25, 0.3) is 5.91 Å². The van der Waals surface area contributed by atoms with Crippen LogP contribution in [0.4, 0.5) is 0 Å². The van der Waals surface area contributed by atoms with E-state index in [1.165, 1.54) is 0 Å². The van der Waals surface area contributed by atoms with Gasteiger partial charge in [-0.25, -0.2) is 0 Å². The van der Waals surface area contributed by atoms with Gasteiger partial charge in [0.15, 0.2) is 0 Å². The van der Waals surface area contributed by atoms with Crippen molar-refractivity contribution >= 4 is 22.6 Å². The summed E-state index contributed by atoms with van der Waals surface area (Å²) in [5.41, 5.74) is 6.78. The third-order valence-corrected chi connectivity index (χ3v) is 3.05. The van der Waals surface area contributed by atoms with E-state index in [-0.39, 0.29) is 11.7 Å². The second-order valence-electron chi connectivity index (χ2n) is 4.44. The second kappa shape index (κ2) is 6.01. The molecule has 0 aliphatic rings. The minimum atomic E-state index is -0.116. The average molecular weight is 272 g/mol. The molecule has 104 valence electrons. The Hall–Kier alpha value is -2.63. The summed E-state index contributed by atoms with van der Waals surface area (Å²) < 4.78 is 0. The van der Waals surface area contributed by atoms with E-state index in [4.69, 9.17) is 10.9 Å². The highest BCUT2D eigenvalue weighted by molar-refractivity contribution is 6.06. The first kappa shape index (κ1) is 13.8. The maximum absolute atomic E-state index is 12.4. The van der Waals surface area contributed by atoms with Crippen molar-refractivity contribution < 1.29 is 10.0 Å². The number of amidine groups is 1. The van der Waals surface area contributed by atoms with E-state index in [2.05, 4.69) is 10.1 Å². The van der Waals surface area contributed by atoms with Crippen molar-refractivity contribution in [2.45, 2.75) is 6.42 Å². The van der Waals surface area contributed by atoms with E-state index in [1.807, 2.05) is 12.1 Å². The number of benzene rings is 1. The quantitative estimate of drug-likeness (QED) is 0.381. The largest absolute Gasteiger partial charge is 0.409 e. The molecule has 0 atom stereocenters. The van der Waals surface area contributed by atoms with Crippen LogP contribution in [0.5, 0.6) is 0 Å². The predicted octanol–water partition coefficient (Wildman–Crippen LogP) is 1.44. The number of rotatable bonds is 4. The number of aromatic nitrogens is 1.